The zero-order valence-corrected chi connectivity index (χ0v) is 14.8. The van der Waals surface area contributed by atoms with Crippen molar-refractivity contribution in [1.82, 2.24) is 25.1 Å². The molecule has 2 aromatic heterocycles. The molecule has 138 valence electrons. The van der Waals surface area contributed by atoms with Gasteiger partial charge in [-0.05, 0) is 30.3 Å². The highest BCUT2D eigenvalue weighted by atomic mass is 16.5. The van der Waals surface area contributed by atoms with Crippen LogP contribution in [0.4, 0.5) is 5.95 Å². The van der Waals surface area contributed by atoms with Crippen LogP contribution in [-0.2, 0) is 11.3 Å². The maximum absolute atomic E-state index is 12.5. The number of carbonyl (C=O) groups is 1. The molecule has 1 aromatic carbocycles. The average Bonchev–Trinajstić information content (AvgIpc) is 3.28. The summed E-state index contributed by atoms with van der Waals surface area (Å²) in [7, 11) is 0. The van der Waals surface area contributed by atoms with Crippen molar-refractivity contribution in [3.05, 3.63) is 66.2 Å². The van der Waals surface area contributed by atoms with Gasteiger partial charge in [0, 0.05) is 37.2 Å². The van der Waals surface area contributed by atoms with Crippen LogP contribution in [0.3, 0.4) is 0 Å². The molecule has 4 rings (SSSR count). The van der Waals surface area contributed by atoms with Crippen molar-refractivity contribution in [1.29, 1.82) is 0 Å². The maximum Gasteiger partial charge on any atom is 0.251 e. The lowest BCUT2D eigenvalue weighted by molar-refractivity contribution is 0.0950. The van der Waals surface area contributed by atoms with Gasteiger partial charge in [0.2, 0.25) is 5.95 Å². The lowest BCUT2D eigenvalue weighted by Crippen LogP contribution is -2.37. The molecule has 1 aliphatic rings. The van der Waals surface area contributed by atoms with E-state index in [4.69, 9.17) is 4.74 Å². The van der Waals surface area contributed by atoms with Crippen molar-refractivity contribution in [2.45, 2.75) is 6.54 Å². The van der Waals surface area contributed by atoms with Crippen LogP contribution < -0.4 is 10.2 Å². The highest BCUT2D eigenvalue weighted by molar-refractivity contribution is 5.94. The van der Waals surface area contributed by atoms with E-state index >= 15 is 0 Å². The molecule has 0 spiro atoms. The molecule has 1 aliphatic heterocycles. The molecule has 0 unspecified atom stereocenters. The summed E-state index contributed by atoms with van der Waals surface area (Å²) in [4.78, 5) is 23.5. The average molecular weight is 364 g/mol. The van der Waals surface area contributed by atoms with Crippen molar-refractivity contribution in [3.63, 3.8) is 0 Å². The van der Waals surface area contributed by atoms with Crippen LogP contribution >= 0.6 is 0 Å². The van der Waals surface area contributed by atoms with Crippen LogP contribution in [0, 0.1) is 0 Å². The third-order valence-corrected chi connectivity index (χ3v) is 4.30. The Labute approximate surface area is 156 Å². The van der Waals surface area contributed by atoms with Crippen molar-refractivity contribution in [2.24, 2.45) is 0 Å². The molecule has 1 saturated heterocycles. The SMILES string of the molecule is O=C(NCc1ccnc(N2CCOCC2)n1)c1cccc(-n2cccn2)c1. The topological polar surface area (TPSA) is 85.2 Å². The first-order valence-corrected chi connectivity index (χ1v) is 8.82. The van der Waals surface area contributed by atoms with Crippen molar-refractivity contribution in [2.75, 3.05) is 31.2 Å². The zero-order chi connectivity index (χ0) is 18.5. The highest BCUT2D eigenvalue weighted by Crippen LogP contribution is 2.11. The third kappa shape index (κ3) is 4.12. The van der Waals surface area contributed by atoms with E-state index < -0.39 is 0 Å². The molecule has 27 heavy (non-hydrogen) atoms. The summed E-state index contributed by atoms with van der Waals surface area (Å²) in [5.41, 5.74) is 2.18. The number of nitrogens with one attached hydrogen (secondary N) is 1. The van der Waals surface area contributed by atoms with E-state index in [1.54, 1.807) is 23.1 Å². The van der Waals surface area contributed by atoms with E-state index in [0.717, 1.165) is 24.5 Å². The first kappa shape index (κ1) is 17.2. The Hall–Kier alpha value is -3.26. The van der Waals surface area contributed by atoms with Gasteiger partial charge < -0.3 is 15.0 Å². The molecule has 0 radical (unpaired) electrons. The zero-order valence-electron chi connectivity index (χ0n) is 14.8. The Morgan fingerprint density at radius 1 is 1.15 bits per heavy atom. The molecular formula is C19H20N6O2. The molecule has 0 bridgehead atoms. The van der Waals surface area contributed by atoms with Gasteiger partial charge in [-0.2, -0.15) is 5.10 Å². The number of nitrogens with zero attached hydrogens (tertiary/aromatic N) is 5. The summed E-state index contributed by atoms with van der Waals surface area (Å²) >= 11 is 0. The molecule has 8 nitrogen and oxygen atoms in total. The molecule has 3 heterocycles. The minimum atomic E-state index is -0.157. The fourth-order valence-corrected chi connectivity index (χ4v) is 2.88. The van der Waals surface area contributed by atoms with Gasteiger partial charge in [0.15, 0.2) is 0 Å². The van der Waals surface area contributed by atoms with Gasteiger partial charge in [-0.15, -0.1) is 0 Å². The van der Waals surface area contributed by atoms with E-state index in [1.165, 1.54) is 0 Å². The fraction of sp³-hybridized carbons (Fsp3) is 0.263. The van der Waals surface area contributed by atoms with Gasteiger partial charge in [0.25, 0.3) is 5.91 Å². The Balaban J connectivity index is 1.41. The molecule has 1 N–H and O–H groups in total. The lowest BCUT2D eigenvalue weighted by atomic mass is 10.2. The molecule has 0 saturated carbocycles. The summed E-state index contributed by atoms with van der Waals surface area (Å²) in [6.45, 7) is 3.24. The fourth-order valence-electron chi connectivity index (χ4n) is 2.88. The Morgan fingerprint density at radius 3 is 2.85 bits per heavy atom. The van der Waals surface area contributed by atoms with Gasteiger partial charge in [0.05, 0.1) is 31.1 Å². The summed E-state index contributed by atoms with van der Waals surface area (Å²) in [5.74, 6) is 0.515. The maximum atomic E-state index is 12.5. The van der Waals surface area contributed by atoms with Gasteiger partial charge in [0.1, 0.15) is 0 Å². The number of hydrogen-bond acceptors (Lipinski definition) is 6. The normalized spacial score (nSPS) is 14.1. The van der Waals surface area contributed by atoms with Crippen molar-refractivity contribution < 1.29 is 9.53 Å². The molecule has 1 fully saturated rings. The Morgan fingerprint density at radius 2 is 2.04 bits per heavy atom. The Bertz CT molecular complexity index is 906. The first-order chi connectivity index (χ1) is 13.3. The molecule has 0 atom stereocenters. The van der Waals surface area contributed by atoms with Gasteiger partial charge in [-0.3, -0.25) is 4.79 Å². The van der Waals surface area contributed by atoms with Crippen LogP contribution in [0.5, 0.6) is 0 Å². The van der Waals surface area contributed by atoms with Gasteiger partial charge in [-0.1, -0.05) is 6.07 Å². The van der Waals surface area contributed by atoms with E-state index in [-0.39, 0.29) is 5.91 Å². The number of aromatic nitrogens is 4. The van der Waals surface area contributed by atoms with Gasteiger partial charge >= 0.3 is 0 Å². The number of ether oxygens (including phenoxy) is 1. The van der Waals surface area contributed by atoms with E-state index in [1.807, 2.05) is 36.5 Å². The number of anilines is 1. The summed E-state index contributed by atoms with van der Waals surface area (Å²) < 4.78 is 7.07. The van der Waals surface area contributed by atoms with Crippen LogP contribution in [-0.4, -0.2) is 52.0 Å². The smallest absolute Gasteiger partial charge is 0.251 e. The molecule has 0 aliphatic carbocycles. The Kier molecular flexibility index (Phi) is 5.06. The van der Waals surface area contributed by atoms with Crippen molar-refractivity contribution in [3.8, 4) is 5.69 Å². The second kappa shape index (κ2) is 7.96. The largest absolute Gasteiger partial charge is 0.378 e. The summed E-state index contributed by atoms with van der Waals surface area (Å²) in [6.07, 6.45) is 5.26. The summed E-state index contributed by atoms with van der Waals surface area (Å²) in [5, 5.41) is 7.10. The predicted octanol–water partition coefficient (Wildman–Crippen LogP) is 1.43. The van der Waals surface area contributed by atoms with Crippen LogP contribution in [0.1, 0.15) is 16.1 Å². The van der Waals surface area contributed by atoms with E-state index in [2.05, 4.69) is 25.3 Å². The van der Waals surface area contributed by atoms with Gasteiger partial charge in [-0.25, -0.2) is 14.6 Å². The predicted molar refractivity (Wildman–Crippen MR) is 99.8 cm³/mol. The number of amides is 1. The summed E-state index contributed by atoms with van der Waals surface area (Å²) in [6, 6.07) is 11.0. The minimum Gasteiger partial charge on any atom is -0.378 e. The third-order valence-electron chi connectivity index (χ3n) is 4.30. The molecule has 1 amide bonds. The highest BCUT2D eigenvalue weighted by Gasteiger charge is 2.14. The minimum absolute atomic E-state index is 0.157. The molecular weight excluding hydrogens is 344 g/mol. The van der Waals surface area contributed by atoms with E-state index in [9.17, 15) is 4.79 Å². The number of benzene rings is 1. The second-order valence-corrected chi connectivity index (χ2v) is 6.13. The number of morpholine rings is 1. The first-order valence-electron chi connectivity index (χ1n) is 8.82. The number of rotatable bonds is 5. The monoisotopic (exact) mass is 364 g/mol. The van der Waals surface area contributed by atoms with E-state index in [0.29, 0.717) is 31.3 Å². The number of hydrogen-bond donors (Lipinski definition) is 1. The number of carbonyl (C=O) groups excluding carboxylic acids is 1. The standard InChI is InChI=1S/C19H20N6O2/c26-18(15-3-1-4-17(13-15)25-8-2-6-22-25)21-14-16-5-7-20-19(23-16)24-9-11-27-12-10-24/h1-8,13H,9-12,14H2,(H,21,26). The lowest BCUT2D eigenvalue weighted by Gasteiger charge is -2.26. The van der Waals surface area contributed by atoms with Crippen molar-refractivity contribution >= 4 is 11.9 Å². The van der Waals surface area contributed by atoms with Crippen LogP contribution in [0.25, 0.3) is 5.69 Å². The molecule has 3 aromatic rings. The van der Waals surface area contributed by atoms with Crippen LogP contribution in [0.2, 0.25) is 0 Å². The second-order valence-electron chi connectivity index (χ2n) is 6.13. The quantitative estimate of drug-likeness (QED) is 0.737. The molecule has 8 heteroatoms. The van der Waals surface area contributed by atoms with Crippen LogP contribution in [0.15, 0.2) is 55.0 Å².